The molecule has 0 aliphatic carbocycles. The third-order valence-corrected chi connectivity index (χ3v) is 11.1. The Labute approximate surface area is 271 Å². The maximum absolute atomic E-state index is 14.1. The first-order chi connectivity index (χ1) is 21.0. The molecule has 3 aromatic carbocycles. The molecular formula is C33H30BrN3O5S2. The molecule has 2 aliphatic heterocycles. The lowest BCUT2D eigenvalue weighted by Gasteiger charge is -2.31. The lowest BCUT2D eigenvalue weighted by atomic mass is 9.81. The van der Waals surface area contributed by atoms with Crippen LogP contribution >= 0.6 is 39.0 Å². The van der Waals surface area contributed by atoms with Gasteiger partial charge in [0, 0.05) is 21.0 Å². The molecule has 8 nitrogen and oxygen atoms in total. The molecule has 0 spiro atoms. The molecule has 1 N–H and O–H groups in total. The second-order valence-corrected chi connectivity index (χ2v) is 14.8. The molecule has 0 radical (unpaired) electrons. The van der Waals surface area contributed by atoms with Gasteiger partial charge in [-0.1, -0.05) is 84.1 Å². The van der Waals surface area contributed by atoms with E-state index in [2.05, 4.69) is 42.0 Å². The van der Waals surface area contributed by atoms with Crippen LogP contribution in [-0.4, -0.2) is 34.6 Å². The van der Waals surface area contributed by atoms with Gasteiger partial charge in [0.1, 0.15) is 17.5 Å². The van der Waals surface area contributed by atoms with Crippen LogP contribution in [0.2, 0.25) is 0 Å². The molecule has 4 aromatic rings. The second-order valence-electron chi connectivity index (χ2n) is 11.8. The maximum atomic E-state index is 14.1. The Morgan fingerprint density at radius 2 is 1.59 bits per heavy atom. The van der Waals surface area contributed by atoms with Crippen molar-refractivity contribution in [2.45, 2.75) is 48.9 Å². The van der Waals surface area contributed by atoms with Crippen LogP contribution in [0.15, 0.2) is 87.1 Å². The summed E-state index contributed by atoms with van der Waals surface area (Å²) in [7, 11) is 1.56. The third kappa shape index (κ3) is 5.52. The van der Waals surface area contributed by atoms with Crippen molar-refractivity contribution in [3.63, 3.8) is 0 Å². The predicted octanol–water partition coefficient (Wildman–Crippen LogP) is 6.41. The van der Waals surface area contributed by atoms with Crippen molar-refractivity contribution in [3.8, 4) is 5.75 Å². The van der Waals surface area contributed by atoms with Crippen molar-refractivity contribution in [2.75, 3.05) is 17.3 Å². The standard InChI is InChI=1S/C33H30BrN3O5S2/c1-33(2,3)19-7-5-18(6-8-19)25-26-27(30(40)37(29(26)39)22-13-9-20(34)10-14-22)43-31-28(25)44-32(41)36(31)17-24(38)35-21-11-15-23(42-4)16-12-21/h5-16,25-27H,17H2,1-4H3,(H,35,38)/t25-,26+,27-/m0/s1. The summed E-state index contributed by atoms with van der Waals surface area (Å²) >= 11 is 5.66. The number of halogens is 1. The van der Waals surface area contributed by atoms with Crippen LogP contribution < -0.4 is 19.8 Å². The minimum Gasteiger partial charge on any atom is -0.497 e. The molecule has 3 amide bonds. The number of amides is 3. The zero-order chi connectivity index (χ0) is 31.3. The molecule has 226 valence electrons. The van der Waals surface area contributed by atoms with E-state index in [1.807, 2.05) is 24.3 Å². The summed E-state index contributed by atoms with van der Waals surface area (Å²) in [4.78, 5) is 56.2. The zero-order valence-electron chi connectivity index (χ0n) is 24.5. The molecule has 3 heterocycles. The second kappa shape index (κ2) is 11.7. The Hall–Kier alpha value is -3.67. The normalized spacial score (nSPS) is 19.5. The van der Waals surface area contributed by atoms with Gasteiger partial charge in [-0.05, 0) is 65.1 Å². The summed E-state index contributed by atoms with van der Waals surface area (Å²) in [6.45, 7) is 6.16. The van der Waals surface area contributed by atoms with Gasteiger partial charge in [0.15, 0.2) is 0 Å². The van der Waals surface area contributed by atoms with E-state index in [9.17, 15) is 19.2 Å². The Balaban J connectivity index is 1.40. The minimum atomic E-state index is -0.754. The molecule has 0 saturated carbocycles. The van der Waals surface area contributed by atoms with Crippen molar-refractivity contribution in [1.29, 1.82) is 0 Å². The molecule has 44 heavy (non-hydrogen) atoms. The first-order valence-corrected chi connectivity index (χ1v) is 16.5. The van der Waals surface area contributed by atoms with Crippen molar-refractivity contribution in [3.05, 3.63) is 103 Å². The van der Waals surface area contributed by atoms with E-state index in [1.165, 1.54) is 21.2 Å². The molecule has 3 atom stereocenters. The number of hydrogen-bond acceptors (Lipinski definition) is 7. The molecule has 1 fully saturated rings. The van der Waals surface area contributed by atoms with Gasteiger partial charge in [-0.3, -0.25) is 23.7 Å². The number of anilines is 2. The van der Waals surface area contributed by atoms with Crippen LogP contribution in [0.5, 0.6) is 5.75 Å². The van der Waals surface area contributed by atoms with Crippen LogP contribution in [0, 0.1) is 5.92 Å². The average Bonchev–Trinajstić information content (AvgIpc) is 3.43. The first kappa shape index (κ1) is 30.4. The van der Waals surface area contributed by atoms with Crippen LogP contribution in [0.1, 0.15) is 42.7 Å². The first-order valence-electron chi connectivity index (χ1n) is 14.0. The number of thioether (sulfide) groups is 1. The highest BCUT2D eigenvalue weighted by molar-refractivity contribution is 9.10. The summed E-state index contributed by atoms with van der Waals surface area (Å²) < 4.78 is 7.44. The number of hydrogen-bond donors (Lipinski definition) is 1. The number of rotatable bonds is 6. The largest absolute Gasteiger partial charge is 0.497 e. The number of carbonyl (C=O) groups excluding carboxylic acids is 3. The van der Waals surface area contributed by atoms with Crippen LogP contribution in [0.3, 0.4) is 0 Å². The van der Waals surface area contributed by atoms with Gasteiger partial charge in [-0.2, -0.15) is 0 Å². The number of fused-ring (bicyclic) bond motifs is 2. The fourth-order valence-corrected chi connectivity index (χ4v) is 8.71. The lowest BCUT2D eigenvalue weighted by molar-refractivity contribution is -0.122. The Morgan fingerprint density at radius 1 is 0.932 bits per heavy atom. The van der Waals surface area contributed by atoms with E-state index >= 15 is 0 Å². The number of thiazole rings is 1. The number of nitrogens with zero attached hydrogens (tertiary/aromatic N) is 2. The van der Waals surface area contributed by atoms with E-state index in [1.54, 1.807) is 55.6 Å². The predicted molar refractivity (Wildman–Crippen MR) is 177 cm³/mol. The molecule has 1 saturated heterocycles. The summed E-state index contributed by atoms with van der Waals surface area (Å²) in [5.74, 6) is -1.57. The monoisotopic (exact) mass is 691 g/mol. The van der Waals surface area contributed by atoms with Gasteiger partial charge in [-0.25, -0.2) is 4.90 Å². The lowest BCUT2D eigenvalue weighted by Crippen LogP contribution is -2.33. The highest BCUT2D eigenvalue weighted by atomic mass is 79.9. The van der Waals surface area contributed by atoms with Gasteiger partial charge in [0.05, 0.1) is 23.7 Å². The summed E-state index contributed by atoms with van der Waals surface area (Å²) in [6.07, 6.45) is 0. The van der Waals surface area contributed by atoms with E-state index < -0.39 is 17.1 Å². The van der Waals surface area contributed by atoms with Gasteiger partial charge >= 0.3 is 4.87 Å². The molecule has 0 bridgehead atoms. The van der Waals surface area contributed by atoms with Gasteiger partial charge in [0.25, 0.3) is 0 Å². The fraction of sp³-hybridized carbons (Fsp3) is 0.273. The van der Waals surface area contributed by atoms with E-state index in [0.717, 1.165) is 26.9 Å². The number of methoxy groups -OCH3 is 1. The van der Waals surface area contributed by atoms with Crippen LogP contribution in [0.4, 0.5) is 11.4 Å². The number of imide groups is 1. The van der Waals surface area contributed by atoms with Gasteiger partial charge in [0.2, 0.25) is 17.7 Å². The van der Waals surface area contributed by atoms with Crippen molar-refractivity contribution >= 4 is 68.1 Å². The molecule has 2 aliphatic rings. The smallest absolute Gasteiger partial charge is 0.308 e. The number of benzene rings is 3. The summed E-state index contributed by atoms with van der Waals surface area (Å²) in [5.41, 5.74) is 2.98. The quantitative estimate of drug-likeness (QED) is 0.235. The van der Waals surface area contributed by atoms with Gasteiger partial charge in [-0.15, -0.1) is 0 Å². The molecule has 0 unspecified atom stereocenters. The Kier molecular flexibility index (Phi) is 8.06. The third-order valence-electron chi connectivity index (χ3n) is 7.95. The molecule has 1 aromatic heterocycles. The van der Waals surface area contributed by atoms with E-state index in [0.29, 0.717) is 27.0 Å². The van der Waals surface area contributed by atoms with Crippen LogP contribution in [-0.2, 0) is 26.3 Å². The van der Waals surface area contributed by atoms with E-state index in [4.69, 9.17) is 4.74 Å². The Morgan fingerprint density at radius 3 is 2.20 bits per heavy atom. The topological polar surface area (TPSA) is 97.7 Å². The fourth-order valence-electron chi connectivity index (χ4n) is 5.67. The molecular weight excluding hydrogens is 662 g/mol. The maximum Gasteiger partial charge on any atom is 0.308 e. The highest BCUT2D eigenvalue weighted by Gasteiger charge is 2.56. The number of ether oxygens (including phenoxy) is 1. The minimum absolute atomic E-state index is 0.0719. The summed E-state index contributed by atoms with van der Waals surface area (Å²) in [6, 6.07) is 22.1. The number of nitrogens with one attached hydrogen (secondary N) is 1. The van der Waals surface area contributed by atoms with Crippen molar-refractivity contribution in [2.24, 2.45) is 5.92 Å². The number of carbonyl (C=O) groups is 3. The molecule has 11 heteroatoms. The van der Waals surface area contributed by atoms with Crippen molar-refractivity contribution in [1.82, 2.24) is 4.57 Å². The SMILES string of the molecule is COc1ccc(NC(=O)Cn2c3c(sc2=O)[C@@H](c2ccc(C(C)(C)C)cc2)[C@H]2C(=O)N(c4ccc(Br)cc4)C(=O)[C@H]2S3)cc1. The average molecular weight is 693 g/mol. The van der Waals surface area contributed by atoms with Crippen LogP contribution in [0.25, 0.3) is 0 Å². The van der Waals surface area contributed by atoms with E-state index in [-0.39, 0.29) is 34.6 Å². The Bertz CT molecular complexity index is 1810. The van der Waals surface area contributed by atoms with Crippen molar-refractivity contribution < 1.29 is 19.1 Å². The number of aromatic nitrogens is 1. The zero-order valence-corrected chi connectivity index (χ0v) is 27.7. The van der Waals surface area contributed by atoms with Gasteiger partial charge < -0.3 is 10.1 Å². The molecule has 6 rings (SSSR count). The summed E-state index contributed by atoms with van der Waals surface area (Å²) in [5, 5.41) is 2.63. The highest BCUT2D eigenvalue weighted by Crippen LogP contribution is 2.54.